The van der Waals surface area contributed by atoms with Gasteiger partial charge in [0.2, 0.25) is 0 Å². The average Bonchev–Trinajstić information content (AvgIpc) is 3.63. The largest absolute Gasteiger partial charge is 0.480 e. The summed E-state index contributed by atoms with van der Waals surface area (Å²) in [5, 5.41) is 8.92. The molecule has 0 spiro atoms. The monoisotopic (exact) mass is 868 g/mol. The van der Waals surface area contributed by atoms with Crippen LogP contribution in [0.15, 0.2) is 8.83 Å². The van der Waals surface area contributed by atoms with Crippen molar-refractivity contribution in [2.75, 3.05) is 19.8 Å². The molecule has 2 rings (SSSR count). The van der Waals surface area contributed by atoms with Crippen LogP contribution in [-0.2, 0) is 63.2 Å². The summed E-state index contributed by atoms with van der Waals surface area (Å²) in [6.45, 7) is 11.2. The van der Waals surface area contributed by atoms with Gasteiger partial charge in [-0.2, -0.15) is 0 Å². The Labute approximate surface area is 359 Å². The van der Waals surface area contributed by atoms with E-state index in [0.29, 0.717) is 12.8 Å². The number of carboxylic acid groups (broad SMARTS) is 1. The minimum atomic E-state index is -4.74. The number of carbonyl (C=O) groups excluding carboxylic acids is 2. The number of unbranched alkanes of at least 4 members (excludes halogenated alkanes) is 14. The molecule has 0 radical (unpaired) electrons. The van der Waals surface area contributed by atoms with Crippen LogP contribution >= 0.6 is 7.82 Å². The number of aryl methyl sites for hydroxylation is 4. The van der Waals surface area contributed by atoms with Crippen LogP contribution in [0.2, 0.25) is 0 Å². The highest BCUT2D eigenvalue weighted by Crippen LogP contribution is 2.43. The summed E-state index contributed by atoms with van der Waals surface area (Å²) >= 11 is 0. The molecule has 14 heteroatoms. The van der Waals surface area contributed by atoms with E-state index in [9.17, 15) is 23.8 Å². The predicted octanol–water partition coefficient (Wildman–Crippen LogP) is 10.8. The molecule has 4 N–H and O–H groups in total. The standard InChI is InChI=1S/C46H78NO12P/c1-7-25-40-34(3)36(5)42(58-40)27-21-17-13-9-11-15-19-23-29-44(48)54-31-38(32-55-60(52,53)56-33-39(47)46(50)51)57-45(49)30-24-20-16-12-10-14-18-22-28-43-37(6)35(4)41(59-43)26-8-2/h38-39H,7-33,47H2,1-6H3,(H,50,51)(H,52,53). The van der Waals surface area contributed by atoms with Crippen molar-refractivity contribution in [2.24, 2.45) is 5.73 Å². The number of phosphoric ester groups is 1. The Bertz CT molecular complexity index is 1580. The fourth-order valence-corrected chi connectivity index (χ4v) is 7.94. The second kappa shape index (κ2) is 30.1. The molecule has 2 aromatic heterocycles. The van der Waals surface area contributed by atoms with Crippen LogP contribution in [0, 0.1) is 27.7 Å². The van der Waals surface area contributed by atoms with Crippen LogP contribution in [0.5, 0.6) is 0 Å². The highest BCUT2D eigenvalue weighted by molar-refractivity contribution is 7.47. The van der Waals surface area contributed by atoms with Crippen molar-refractivity contribution < 1.29 is 56.3 Å². The Balaban J connectivity index is 1.64. The van der Waals surface area contributed by atoms with Crippen molar-refractivity contribution in [1.29, 1.82) is 0 Å². The summed E-state index contributed by atoms with van der Waals surface area (Å²) < 4.78 is 45.1. The SMILES string of the molecule is CCCc1oc(CCCCCCCCCCC(=O)OCC(COP(=O)(O)OCC(N)C(=O)O)OC(=O)CCCCCCCCCCc2oc(CCC)c(C)c2C)c(C)c1C. The van der Waals surface area contributed by atoms with Gasteiger partial charge < -0.3 is 34.0 Å². The van der Waals surface area contributed by atoms with E-state index in [0.717, 1.165) is 151 Å². The first-order chi connectivity index (χ1) is 28.7. The third-order valence-electron chi connectivity index (χ3n) is 11.2. The summed E-state index contributed by atoms with van der Waals surface area (Å²) in [5.41, 5.74) is 10.5. The van der Waals surface area contributed by atoms with E-state index in [1.807, 2.05) is 0 Å². The average molecular weight is 868 g/mol. The van der Waals surface area contributed by atoms with Gasteiger partial charge in [0.05, 0.1) is 13.2 Å². The Morgan fingerprint density at radius 3 is 1.35 bits per heavy atom. The molecule has 0 aliphatic heterocycles. The second-order valence-corrected chi connectivity index (χ2v) is 17.8. The van der Waals surface area contributed by atoms with E-state index in [1.54, 1.807) is 0 Å². The Kier molecular flexibility index (Phi) is 26.7. The van der Waals surface area contributed by atoms with Crippen molar-refractivity contribution >= 4 is 25.7 Å². The van der Waals surface area contributed by atoms with Crippen molar-refractivity contribution in [3.8, 4) is 0 Å². The van der Waals surface area contributed by atoms with Crippen LogP contribution in [0.4, 0.5) is 0 Å². The van der Waals surface area contributed by atoms with E-state index in [1.165, 1.54) is 22.3 Å². The molecule has 0 aromatic carbocycles. The molecule has 3 unspecified atom stereocenters. The molecule has 0 bridgehead atoms. The van der Waals surface area contributed by atoms with Gasteiger partial charge in [-0.05, 0) is 88.5 Å². The smallest absolute Gasteiger partial charge is 0.472 e. The molecule has 0 aliphatic rings. The zero-order valence-corrected chi connectivity index (χ0v) is 38.6. The Morgan fingerprint density at radius 2 is 0.933 bits per heavy atom. The number of carboxylic acids is 1. The number of phosphoric acid groups is 1. The minimum absolute atomic E-state index is 0.135. The van der Waals surface area contributed by atoms with E-state index in [-0.39, 0.29) is 19.4 Å². The lowest BCUT2D eigenvalue weighted by Gasteiger charge is -2.20. The number of hydrogen-bond donors (Lipinski definition) is 3. The lowest BCUT2D eigenvalue weighted by Crippen LogP contribution is -2.34. The van der Waals surface area contributed by atoms with Gasteiger partial charge >= 0.3 is 25.7 Å². The molecule has 2 aromatic rings. The molecule has 2 heterocycles. The first-order valence-corrected chi connectivity index (χ1v) is 24.3. The molecule has 3 atom stereocenters. The number of esters is 2. The van der Waals surface area contributed by atoms with Crippen LogP contribution in [-0.4, -0.2) is 59.9 Å². The normalized spacial score (nSPS) is 13.6. The summed E-state index contributed by atoms with van der Waals surface area (Å²) in [6.07, 6.45) is 21.6. The quantitative estimate of drug-likeness (QED) is 0.0332. The van der Waals surface area contributed by atoms with Crippen molar-refractivity contribution in [2.45, 2.75) is 208 Å². The fourth-order valence-electron chi connectivity index (χ4n) is 7.16. The van der Waals surface area contributed by atoms with Crippen molar-refractivity contribution in [1.82, 2.24) is 0 Å². The molecule has 0 saturated carbocycles. The summed E-state index contributed by atoms with van der Waals surface area (Å²) in [7, 11) is -4.74. The van der Waals surface area contributed by atoms with Gasteiger partial charge in [-0.3, -0.25) is 23.4 Å². The molecular weight excluding hydrogens is 789 g/mol. The Morgan fingerprint density at radius 1 is 0.567 bits per heavy atom. The molecular formula is C46H78NO12P. The number of rotatable bonds is 36. The van der Waals surface area contributed by atoms with E-state index in [4.69, 9.17) is 33.7 Å². The van der Waals surface area contributed by atoms with Gasteiger partial charge in [-0.15, -0.1) is 0 Å². The molecule has 0 fully saturated rings. The highest BCUT2D eigenvalue weighted by Gasteiger charge is 2.28. The van der Waals surface area contributed by atoms with Crippen LogP contribution in [0.1, 0.15) is 188 Å². The van der Waals surface area contributed by atoms with Crippen molar-refractivity contribution in [3.63, 3.8) is 0 Å². The van der Waals surface area contributed by atoms with E-state index in [2.05, 4.69) is 46.1 Å². The maximum atomic E-state index is 12.7. The first kappa shape index (κ1) is 53.2. The number of hydrogen-bond acceptors (Lipinski definition) is 11. The fraction of sp³-hybridized carbons (Fsp3) is 0.761. The number of furan rings is 2. The van der Waals surface area contributed by atoms with Gasteiger partial charge in [-0.25, -0.2) is 4.57 Å². The number of nitrogens with two attached hydrogens (primary N) is 1. The summed E-state index contributed by atoms with van der Waals surface area (Å²) in [5.74, 6) is 2.09. The summed E-state index contributed by atoms with van der Waals surface area (Å²) in [4.78, 5) is 46.2. The maximum Gasteiger partial charge on any atom is 0.472 e. The topological polar surface area (TPSA) is 198 Å². The van der Waals surface area contributed by atoms with Gasteiger partial charge in [-0.1, -0.05) is 90.9 Å². The van der Waals surface area contributed by atoms with E-state index < -0.39 is 51.1 Å². The predicted molar refractivity (Wildman–Crippen MR) is 233 cm³/mol. The second-order valence-electron chi connectivity index (χ2n) is 16.4. The van der Waals surface area contributed by atoms with Gasteiger partial charge in [0, 0.05) is 38.5 Å². The van der Waals surface area contributed by atoms with Gasteiger partial charge in [0.25, 0.3) is 0 Å². The zero-order valence-electron chi connectivity index (χ0n) is 37.7. The maximum absolute atomic E-state index is 12.7. The molecule has 0 amide bonds. The van der Waals surface area contributed by atoms with Gasteiger partial charge in [0.15, 0.2) is 6.10 Å². The number of aliphatic carboxylic acids is 1. The third-order valence-corrected chi connectivity index (χ3v) is 12.2. The van der Waals surface area contributed by atoms with Crippen LogP contribution < -0.4 is 5.73 Å². The van der Waals surface area contributed by atoms with Gasteiger partial charge in [0.1, 0.15) is 35.7 Å². The molecule has 13 nitrogen and oxygen atoms in total. The molecule has 344 valence electrons. The van der Waals surface area contributed by atoms with Crippen molar-refractivity contribution in [3.05, 3.63) is 45.3 Å². The number of ether oxygens (including phenoxy) is 2. The summed E-state index contributed by atoms with van der Waals surface area (Å²) in [6, 6.07) is -1.53. The molecule has 0 aliphatic carbocycles. The zero-order chi connectivity index (χ0) is 44.3. The lowest BCUT2D eigenvalue weighted by molar-refractivity contribution is -0.161. The van der Waals surface area contributed by atoms with E-state index >= 15 is 0 Å². The molecule has 0 saturated heterocycles. The highest BCUT2D eigenvalue weighted by atomic mass is 31.2. The lowest BCUT2D eigenvalue weighted by atomic mass is 10.0. The minimum Gasteiger partial charge on any atom is -0.480 e. The number of carbonyl (C=O) groups is 3. The first-order valence-electron chi connectivity index (χ1n) is 22.8. The van der Waals surface area contributed by atoms with Crippen LogP contribution in [0.25, 0.3) is 0 Å². The van der Waals surface area contributed by atoms with Crippen LogP contribution in [0.3, 0.4) is 0 Å². The Hall–Kier alpha value is -2.96. The molecule has 60 heavy (non-hydrogen) atoms. The third kappa shape index (κ3) is 21.7.